The number of hydrogen-bond acceptors (Lipinski definition) is 6. The third-order valence-corrected chi connectivity index (χ3v) is 1.97. The van der Waals surface area contributed by atoms with Crippen LogP contribution in [0.3, 0.4) is 0 Å². The first-order valence-corrected chi connectivity index (χ1v) is 4.53. The summed E-state index contributed by atoms with van der Waals surface area (Å²) in [6.45, 7) is 3.75. The summed E-state index contributed by atoms with van der Waals surface area (Å²) in [4.78, 5) is 4.00. The number of aliphatic hydroxyl groups is 1. The van der Waals surface area contributed by atoms with E-state index in [0.29, 0.717) is 11.5 Å². The van der Waals surface area contributed by atoms with Crippen molar-refractivity contribution in [1.82, 2.24) is 25.0 Å². The van der Waals surface area contributed by atoms with E-state index in [4.69, 9.17) is 5.11 Å². The van der Waals surface area contributed by atoms with Gasteiger partial charge in [-0.3, -0.25) is 4.98 Å². The molecule has 0 aliphatic heterocycles. The second-order valence-electron chi connectivity index (χ2n) is 3.91. The highest BCUT2D eigenvalue weighted by Gasteiger charge is 2.17. The van der Waals surface area contributed by atoms with Crippen LogP contribution < -0.4 is 5.32 Å². The lowest BCUT2D eigenvalue weighted by Gasteiger charge is -2.24. The normalized spacial score (nSPS) is 11.9. The van der Waals surface area contributed by atoms with Gasteiger partial charge in [-0.2, -0.15) is 4.52 Å². The fourth-order valence-corrected chi connectivity index (χ4v) is 1.15. The molecule has 2 N–H and O–H groups in total. The van der Waals surface area contributed by atoms with Gasteiger partial charge in [-0.25, -0.2) is 0 Å². The van der Waals surface area contributed by atoms with Crippen LogP contribution in [0.2, 0.25) is 0 Å². The van der Waals surface area contributed by atoms with Crippen LogP contribution in [0.25, 0.3) is 5.65 Å². The zero-order chi connectivity index (χ0) is 10.9. The molecule has 7 nitrogen and oxygen atoms in total. The summed E-state index contributed by atoms with van der Waals surface area (Å²) >= 11 is 0. The second-order valence-corrected chi connectivity index (χ2v) is 3.91. The quantitative estimate of drug-likeness (QED) is 0.720. The lowest BCUT2D eigenvalue weighted by atomic mass is 10.1. The summed E-state index contributed by atoms with van der Waals surface area (Å²) in [5.41, 5.74) is 0.121. The molecule has 0 saturated heterocycles. The average Bonchev–Trinajstić information content (AvgIpc) is 2.66. The van der Waals surface area contributed by atoms with E-state index < -0.39 is 5.54 Å². The van der Waals surface area contributed by atoms with E-state index in [0.717, 1.165) is 0 Å². The van der Waals surface area contributed by atoms with Gasteiger partial charge in [-0.1, -0.05) is 0 Å². The number of fused-ring (bicyclic) bond motifs is 1. The largest absolute Gasteiger partial charge is 0.394 e. The SMILES string of the molecule is CC(C)(CO)Nc1cncc2nnnn12. The molecule has 0 spiro atoms. The molecule has 2 heterocycles. The maximum Gasteiger partial charge on any atom is 0.199 e. The smallest absolute Gasteiger partial charge is 0.199 e. The van der Waals surface area contributed by atoms with Crippen molar-refractivity contribution in [3.63, 3.8) is 0 Å². The number of nitrogens with one attached hydrogen (secondary N) is 1. The molecule has 0 fully saturated rings. The second kappa shape index (κ2) is 3.43. The van der Waals surface area contributed by atoms with Crippen LogP contribution in [0.1, 0.15) is 13.8 Å². The van der Waals surface area contributed by atoms with E-state index in [2.05, 4.69) is 25.8 Å². The van der Waals surface area contributed by atoms with Crippen LogP contribution in [0.4, 0.5) is 5.82 Å². The Balaban J connectivity index is 2.39. The fraction of sp³-hybridized carbons (Fsp3) is 0.500. The summed E-state index contributed by atoms with van der Waals surface area (Å²) in [6.07, 6.45) is 3.18. The van der Waals surface area contributed by atoms with Crippen LogP contribution in [0.15, 0.2) is 12.4 Å². The Bertz CT molecular complexity index is 465. The zero-order valence-corrected chi connectivity index (χ0v) is 8.55. The lowest BCUT2D eigenvalue weighted by molar-refractivity contribution is 0.233. The maximum absolute atomic E-state index is 9.13. The first kappa shape index (κ1) is 9.78. The van der Waals surface area contributed by atoms with Crippen molar-refractivity contribution >= 4 is 11.5 Å². The molecule has 0 saturated carbocycles. The van der Waals surface area contributed by atoms with Gasteiger partial charge in [0.25, 0.3) is 0 Å². The van der Waals surface area contributed by atoms with Crippen LogP contribution >= 0.6 is 0 Å². The molecule has 0 atom stereocenters. The average molecular weight is 208 g/mol. The summed E-state index contributed by atoms with van der Waals surface area (Å²) in [5.74, 6) is 0.650. The summed E-state index contributed by atoms with van der Waals surface area (Å²) in [7, 11) is 0. The lowest BCUT2D eigenvalue weighted by Crippen LogP contribution is -2.35. The van der Waals surface area contributed by atoms with E-state index in [1.54, 1.807) is 12.4 Å². The molecule has 0 amide bonds. The minimum atomic E-state index is -0.443. The molecule has 0 aromatic carbocycles. The number of aliphatic hydroxyl groups excluding tert-OH is 1. The topological polar surface area (TPSA) is 88.2 Å². The highest BCUT2D eigenvalue weighted by Crippen LogP contribution is 2.13. The van der Waals surface area contributed by atoms with Crippen molar-refractivity contribution in [2.45, 2.75) is 19.4 Å². The minimum Gasteiger partial charge on any atom is -0.394 e. The first-order valence-electron chi connectivity index (χ1n) is 4.53. The van der Waals surface area contributed by atoms with Gasteiger partial charge in [0.15, 0.2) is 11.5 Å². The van der Waals surface area contributed by atoms with Crippen molar-refractivity contribution in [2.75, 3.05) is 11.9 Å². The summed E-state index contributed by atoms with van der Waals surface area (Å²) in [5, 5.41) is 23.4. The summed E-state index contributed by atoms with van der Waals surface area (Å²) < 4.78 is 1.53. The number of aromatic nitrogens is 5. The van der Waals surface area contributed by atoms with Gasteiger partial charge >= 0.3 is 0 Å². The van der Waals surface area contributed by atoms with Gasteiger partial charge in [-0.05, 0) is 24.3 Å². The van der Waals surface area contributed by atoms with Crippen LogP contribution in [0, 0.1) is 0 Å². The molecule has 2 aromatic rings. The monoisotopic (exact) mass is 208 g/mol. The van der Waals surface area contributed by atoms with Gasteiger partial charge < -0.3 is 10.4 Å². The summed E-state index contributed by atoms with van der Waals surface area (Å²) in [6, 6.07) is 0. The molecule has 7 heteroatoms. The first-order chi connectivity index (χ1) is 7.12. The van der Waals surface area contributed by atoms with Gasteiger partial charge in [0.1, 0.15) is 0 Å². The predicted molar refractivity (Wildman–Crippen MR) is 53.4 cm³/mol. The van der Waals surface area contributed by atoms with E-state index in [9.17, 15) is 0 Å². The van der Waals surface area contributed by atoms with Crippen molar-refractivity contribution in [1.29, 1.82) is 0 Å². The van der Waals surface area contributed by atoms with E-state index in [1.165, 1.54) is 4.52 Å². The van der Waals surface area contributed by atoms with Crippen molar-refractivity contribution in [3.8, 4) is 0 Å². The highest BCUT2D eigenvalue weighted by molar-refractivity contribution is 5.45. The molecular formula is C8H12N6O. The number of tetrazole rings is 1. The Kier molecular flexibility index (Phi) is 2.24. The standard InChI is InChI=1S/C8H12N6O/c1-8(2,5-15)10-6-3-9-4-7-11-12-13-14(6)7/h3-4,10,15H,5H2,1-2H3. The third kappa shape index (κ3) is 1.86. The van der Waals surface area contributed by atoms with Gasteiger partial charge in [0, 0.05) is 0 Å². The number of nitrogens with zero attached hydrogens (tertiary/aromatic N) is 5. The van der Waals surface area contributed by atoms with Crippen LogP contribution in [-0.4, -0.2) is 42.3 Å². The van der Waals surface area contributed by atoms with Gasteiger partial charge in [-0.15, -0.1) is 5.10 Å². The Labute approximate surface area is 86.1 Å². The number of hydrogen-bond donors (Lipinski definition) is 2. The van der Waals surface area contributed by atoms with E-state index in [-0.39, 0.29) is 6.61 Å². The molecule has 0 radical (unpaired) electrons. The van der Waals surface area contributed by atoms with Gasteiger partial charge in [0.05, 0.1) is 24.5 Å². The molecule has 0 unspecified atom stereocenters. The van der Waals surface area contributed by atoms with Crippen molar-refractivity contribution < 1.29 is 5.11 Å². The van der Waals surface area contributed by atoms with Crippen molar-refractivity contribution in [3.05, 3.63) is 12.4 Å². The third-order valence-electron chi connectivity index (χ3n) is 1.97. The van der Waals surface area contributed by atoms with Crippen LogP contribution in [-0.2, 0) is 0 Å². The number of anilines is 1. The van der Waals surface area contributed by atoms with Crippen LogP contribution in [0.5, 0.6) is 0 Å². The van der Waals surface area contributed by atoms with Crippen molar-refractivity contribution in [2.24, 2.45) is 0 Å². The number of rotatable bonds is 3. The molecule has 0 aliphatic rings. The molecule has 0 bridgehead atoms. The maximum atomic E-state index is 9.13. The molecule has 15 heavy (non-hydrogen) atoms. The fourth-order valence-electron chi connectivity index (χ4n) is 1.15. The van der Waals surface area contributed by atoms with Gasteiger partial charge in [0.2, 0.25) is 0 Å². The molecule has 2 aromatic heterocycles. The Morgan fingerprint density at radius 3 is 3.00 bits per heavy atom. The molecular weight excluding hydrogens is 196 g/mol. The molecule has 2 rings (SSSR count). The predicted octanol–water partition coefficient (Wildman–Crippen LogP) is -0.298. The van der Waals surface area contributed by atoms with E-state index >= 15 is 0 Å². The highest BCUT2D eigenvalue weighted by atomic mass is 16.3. The molecule has 0 aliphatic carbocycles. The Morgan fingerprint density at radius 2 is 2.27 bits per heavy atom. The Morgan fingerprint density at radius 1 is 1.47 bits per heavy atom. The zero-order valence-electron chi connectivity index (χ0n) is 8.55. The van der Waals surface area contributed by atoms with E-state index in [1.807, 2.05) is 13.8 Å². The Hall–Kier alpha value is -1.76. The minimum absolute atomic E-state index is 0.00547. The molecule has 80 valence electrons.